The zero-order valence-electron chi connectivity index (χ0n) is 10.6. The van der Waals surface area contributed by atoms with Crippen LogP contribution in [0.25, 0.3) is 0 Å². The average molecular weight is 317 g/mol. The Morgan fingerprint density at radius 2 is 2.29 bits per heavy atom. The van der Waals surface area contributed by atoms with Gasteiger partial charge in [-0.2, -0.15) is 0 Å². The molecule has 1 aliphatic rings. The highest BCUT2D eigenvalue weighted by Gasteiger charge is 2.28. The zero-order chi connectivity index (χ0) is 12.4. The summed E-state index contributed by atoms with van der Waals surface area (Å²) in [6.45, 7) is 4.37. The van der Waals surface area contributed by atoms with Gasteiger partial charge in [-0.25, -0.2) is 0 Å². The number of aliphatic hydroxyl groups is 1. The summed E-state index contributed by atoms with van der Waals surface area (Å²) in [5, 5.41) is 10.5. The average Bonchev–Trinajstić information content (AvgIpc) is 2.69. The fourth-order valence-electron chi connectivity index (χ4n) is 2.85. The molecule has 2 rings (SSSR count). The first kappa shape index (κ1) is 13.6. The second-order valence-corrected chi connectivity index (χ2v) is 7.34. The second kappa shape index (κ2) is 5.85. The molecule has 96 valence electrons. The van der Waals surface area contributed by atoms with Crippen molar-refractivity contribution in [2.75, 3.05) is 0 Å². The molecule has 17 heavy (non-hydrogen) atoms. The van der Waals surface area contributed by atoms with Crippen molar-refractivity contribution in [2.24, 2.45) is 11.8 Å². The molecule has 1 N–H and O–H groups in total. The summed E-state index contributed by atoms with van der Waals surface area (Å²) in [4.78, 5) is 2.40. The van der Waals surface area contributed by atoms with E-state index in [1.165, 1.54) is 37.0 Å². The molecule has 1 aromatic heterocycles. The normalized spacial score (nSPS) is 27.1. The van der Waals surface area contributed by atoms with Crippen molar-refractivity contribution in [1.29, 1.82) is 0 Å². The van der Waals surface area contributed by atoms with E-state index < -0.39 is 0 Å². The van der Waals surface area contributed by atoms with E-state index in [0.717, 1.165) is 15.3 Å². The van der Waals surface area contributed by atoms with Gasteiger partial charge in [-0.3, -0.25) is 0 Å². The van der Waals surface area contributed by atoms with Gasteiger partial charge in [-0.05, 0) is 53.6 Å². The number of aryl methyl sites for hydroxylation is 1. The first-order chi connectivity index (χ1) is 8.11. The van der Waals surface area contributed by atoms with Gasteiger partial charge in [0.1, 0.15) is 0 Å². The topological polar surface area (TPSA) is 20.2 Å². The number of aliphatic hydroxyl groups excluding tert-OH is 1. The van der Waals surface area contributed by atoms with Gasteiger partial charge in [0.2, 0.25) is 0 Å². The lowest BCUT2D eigenvalue weighted by Crippen LogP contribution is -2.20. The predicted molar refractivity (Wildman–Crippen MR) is 77.5 cm³/mol. The van der Waals surface area contributed by atoms with Crippen molar-refractivity contribution in [1.82, 2.24) is 0 Å². The third kappa shape index (κ3) is 3.12. The smallest absolute Gasteiger partial charge is 0.0910 e. The fourth-order valence-corrected chi connectivity index (χ4v) is 4.49. The van der Waals surface area contributed by atoms with Gasteiger partial charge < -0.3 is 5.11 Å². The first-order valence-electron chi connectivity index (χ1n) is 6.55. The van der Waals surface area contributed by atoms with E-state index in [1.807, 2.05) is 0 Å². The van der Waals surface area contributed by atoms with Crippen LogP contribution in [0.15, 0.2) is 10.5 Å². The highest BCUT2D eigenvalue weighted by atomic mass is 79.9. The van der Waals surface area contributed by atoms with Crippen LogP contribution in [0.4, 0.5) is 0 Å². The van der Waals surface area contributed by atoms with Crippen molar-refractivity contribution in [3.8, 4) is 0 Å². The van der Waals surface area contributed by atoms with Crippen LogP contribution in [0.1, 0.15) is 54.9 Å². The van der Waals surface area contributed by atoms with E-state index in [2.05, 4.69) is 35.8 Å². The molecule has 0 spiro atoms. The Kier molecular flexibility index (Phi) is 4.67. The summed E-state index contributed by atoms with van der Waals surface area (Å²) >= 11 is 5.26. The molecule has 3 heteroatoms. The number of hydrogen-bond donors (Lipinski definition) is 1. The summed E-state index contributed by atoms with van der Waals surface area (Å²) in [6, 6.07) is 2.10. The van der Waals surface area contributed by atoms with Crippen molar-refractivity contribution in [3.05, 3.63) is 20.3 Å². The Bertz CT molecular complexity index is 355. The van der Waals surface area contributed by atoms with Crippen molar-refractivity contribution in [2.45, 2.75) is 52.1 Å². The van der Waals surface area contributed by atoms with E-state index in [4.69, 9.17) is 0 Å². The molecular formula is C14H21BrOS. The van der Waals surface area contributed by atoms with Crippen LogP contribution in [0.2, 0.25) is 0 Å². The van der Waals surface area contributed by atoms with Gasteiger partial charge in [0.25, 0.3) is 0 Å². The Labute approximate surface area is 116 Å². The maximum atomic E-state index is 10.5. The number of rotatable bonds is 3. The Hall–Kier alpha value is 0.140. The van der Waals surface area contributed by atoms with Crippen LogP contribution in [-0.4, -0.2) is 5.11 Å². The SMILES string of the molecule is CCC1CCCC(C(O)c2cc(Br)c(C)s2)C1. The summed E-state index contributed by atoms with van der Waals surface area (Å²) < 4.78 is 1.14. The molecule has 0 amide bonds. The van der Waals surface area contributed by atoms with E-state index in [-0.39, 0.29) is 6.10 Å². The number of hydrogen-bond acceptors (Lipinski definition) is 2. The van der Waals surface area contributed by atoms with E-state index in [0.29, 0.717) is 5.92 Å². The number of thiophene rings is 1. The maximum Gasteiger partial charge on any atom is 0.0910 e. The molecule has 1 aliphatic carbocycles. The third-order valence-corrected chi connectivity index (χ3v) is 6.22. The van der Waals surface area contributed by atoms with Crippen LogP contribution in [0.3, 0.4) is 0 Å². The highest BCUT2D eigenvalue weighted by molar-refractivity contribution is 9.10. The molecule has 0 aliphatic heterocycles. The van der Waals surface area contributed by atoms with E-state index in [9.17, 15) is 5.11 Å². The Morgan fingerprint density at radius 1 is 1.53 bits per heavy atom. The summed E-state index contributed by atoms with van der Waals surface area (Å²) in [5.41, 5.74) is 0. The molecule has 3 unspecified atom stereocenters. The van der Waals surface area contributed by atoms with E-state index in [1.54, 1.807) is 11.3 Å². The number of halogens is 1. The standard InChI is InChI=1S/C14H21BrOS/c1-3-10-5-4-6-11(7-10)14(16)13-8-12(15)9(2)17-13/h8,10-11,14,16H,3-7H2,1-2H3. The quantitative estimate of drug-likeness (QED) is 0.825. The second-order valence-electron chi connectivity index (χ2n) is 5.20. The Balaban J connectivity index is 2.06. The van der Waals surface area contributed by atoms with Crippen LogP contribution in [0, 0.1) is 18.8 Å². The van der Waals surface area contributed by atoms with Gasteiger partial charge >= 0.3 is 0 Å². The maximum absolute atomic E-state index is 10.5. The fraction of sp³-hybridized carbons (Fsp3) is 0.714. The van der Waals surface area contributed by atoms with Gasteiger partial charge in [0.15, 0.2) is 0 Å². The minimum Gasteiger partial charge on any atom is -0.387 e. The molecule has 0 saturated heterocycles. The van der Waals surface area contributed by atoms with Crippen LogP contribution >= 0.6 is 27.3 Å². The summed E-state index contributed by atoms with van der Waals surface area (Å²) in [6.07, 6.45) is 6.03. The van der Waals surface area contributed by atoms with Gasteiger partial charge in [0, 0.05) is 14.2 Å². The first-order valence-corrected chi connectivity index (χ1v) is 8.16. The highest BCUT2D eigenvalue weighted by Crippen LogP contribution is 2.41. The minimum absolute atomic E-state index is 0.251. The molecule has 1 fully saturated rings. The van der Waals surface area contributed by atoms with Gasteiger partial charge in [-0.1, -0.05) is 26.2 Å². The predicted octanol–water partition coefficient (Wildman–Crippen LogP) is 5.07. The van der Waals surface area contributed by atoms with Gasteiger partial charge in [-0.15, -0.1) is 11.3 Å². The lowest BCUT2D eigenvalue weighted by molar-refractivity contribution is 0.0705. The van der Waals surface area contributed by atoms with Crippen LogP contribution in [-0.2, 0) is 0 Å². The van der Waals surface area contributed by atoms with Crippen LogP contribution < -0.4 is 0 Å². The molecule has 3 atom stereocenters. The lowest BCUT2D eigenvalue weighted by atomic mass is 9.77. The van der Waals surface area contributed by atoms with Crippen molar-refractivity contribution < 1.29 is 5.11 Å². The Morgan fingerprint density at radius 3 is 2.88 bits per heavy atom. The summed E-state index contributed by atoms with van der Waals surface area (Å²) in [7, 11) is 0. The molecule has 1 nitrogen and oxygen atoms in total. The molecule has 1 saturated carbocycles. The van der Waals surface area contributed by atoms with E-state index >= 15 is 0 Å². The minimum atomic E-state index is -0.251. The largest absolute Gasteiger partial charge is 0.387 e. The molecular weight excluding hydrogens is 296 g/mol. The summed E-state index contributed by atoms with van der Waals surface area (Å²) in [5.74, 6) is 1.30. The zero-order valence-corrected chi connectivity index (χ0v) is 13.0. The molecule has 0 radical (unpaired) electrons. The van der Waals surface area contributed by atoms with Crippen molar-refractivity contribution in [3.63, 3.8) is 0 Å². The molecule has 1 heterocycles. The molecule has 1 aromatic rings. The van der Waals surface area contributed by atoms with Gasteiger partial charge in [0.05, 0.1) is 6.10 Å². The lowest BCUT2D eigenvalue weighted by Gasteiger charge is -2.31. The molecule has 0 bridgehead atoms. The monoisotopic (exact) mass is 316 g/mol. The van der Waals surface area contributed by atoms with Crippen molar-refractivity contribution >= 4 is 27.3 Å². The third-order valence-electron chi connectivity index (χ3n) is 4.02. The molecule has 0 aromatic carbocycles. The van der Waals surface area contributed by atoms with Crippen LogP contribution in [0.5, 0.6) is 0 Å².